The molecule has 1 aliphatic carbocycles. The first-order chi connectivity index (χ1) is 14.6. The molecule has 0 atom stereocenters. The standard InChI is InChI=1S/C20H26N8O2/c21-18(30)17-19(24-20(26-25-17)22-9-2-1-3-10-29)23-14-7-8-16-13(11-14)12-28(27-16)15-5-4-6-15/h7-8,11-12,15,29H,1-6,9-10H2,(H2,21,30)(H2,22,23,24,26). The average Bonchev–Trinajstić information content (AvgIpc) is 3.09. The minimum Gasteiger partial charge on any atom is -0.396 e. The van der Waals surface area contributed by atoms with E-state index in [2.05, 4.69) is 37.1 Å². The molecule has 1 aliphatic rings. The molecule has 0 unspecified atom stereocenters. The van der Waals surface area contributed by atoms with Crippen LogP contribution in [0.15, 0.2) is 24.4 Å². The highest BCUT2D eigenvalue weighted by atomic mass is 16.2. The number of unbranched alkanes of at least 4 members (excludes halogenated alkanes) is 2. The lowest BCUT2D eigenvalue weighted by molar-refractivity contribution is 0.0995. The Balaban J connectivity index is 1.51. The van der Waals surface area contributed by atoms with Crippen molar-refractivity contribution in [3.8, 4) is 0 Å². The molecular weight excluding hydrogens is 384 g/mol. The van der Waals surface area contributed by atoms with Crippen molar-refractivity contribution in [2.24, 2.45) is 5.73 Å². The Labute approximate surface area is 173 Å². The summed E-state index contributed by atoms with van der Waals surface area (Å²) in [7, 11) is 0. The second kappa shape index (κ2) is 9.04. The number of nitrogens with two attached hydrogens (primary N) is 1. The van der Waals surface area contributed by atoms with Gasteiger partial charge < -0.3 is 21.5 Å². The number of anilines is 3. The number of rotatable bonds is 10. The molecule has 1 aromatic carbocycles. The second-order valence-electron chi connectivity index (χ2n) is 7.50. The maximum atomic E-state index is 11.8. The molecule has 2 aromatic heterocycles. The number of amides is 1. The number of hydrogen-bond donors (Lipinski definition) is 4. The van der Waals surface area contributed by atoms with E-state index < -0.39 is 5.91 Å². The lowest BCUT2D eigenvalue weighted by Gasteiger charge is -2.25. The van der Waals surface area contributed by atoms with Crippen molar-refractivity contribution in [1.82, 2.24) is 25.0 Å². The molecule has 3 aromatic rings. The van der Waals surface area contributed by atoms with E-state index in [1.807, 2.05) is 22.9 Å². The van der Waals surface area contributed by atoms with E-state index in [1.165, 1.54) is 19.3 Å². The Kier molecular flexibility index (Phi) is 6.03. The van der Waals surface area contributed by atoms with Crippen molar-refractivity contribution < 1.29 is 9.90 Å². The molecule has 4 rings (SSSR count). The highest BCUT2D eigenvalue weighted by Gasteiger charge is 2.20. The quantitative estimate of drug-likeness (QED) is 0.373. The van der Waals surface area contributed by atoms with Gasteiger partial charge >= 0.3 is 0 Å². The van der Waals surface area contributed by atoms with Crippen LogP contribution in [0.4, 0.5) is 17.5 Å². The van der Waals surface area contributed by atoms with Gasteiger partial charge in [-0.05, 0) is 56.7 Å². The maximum absolute atomic E-state index is 11.8. The van der Waals surface area contributed by atoms with Crippen molar-refractivity contribution in [2.45, 2.75) is 44.6 Å². The van der Waals surface area contributed by atoms with E-state index in [1.54, 1.807) is 0 Å². The van der Waals surface area contributed by atoms with Gasteiger partial charge in [0.15, 0.2) is 11.5 Å². The molecule has 5 N–H and O–H groups in total. The summed E-state index contributed by atoms with van der Waals surface area (Å²) >= 11 is 0. The molecular formula is C20H26N8O2. The van der Waals surface area contributed by atoms with Crippen LogP contribution in [-0.2, 0) is 0 Å². The van der Waals surface area contributed by atoms with Crippen LogP contribution < -0.4 is 16.4 Å². The number of aliphatic hydroxyl groups is 1. The van der Waals surface area contributed by atoms with Crippen LogP contribution >= 0.6 is 0 Å². The van der Waals surface area contributed by atoms with Gasteiger partial charge in [0.05, 0.1) is 11.6 Å². The Morgan fingerprint density at radius 1 is 1.23 bits per heavy atom. The van der Waals surface area contributed by atoms with Gasteiger partial charge in [-0.2, -0.15) is 10.1 Å². The monoisotopic (exact) mass is 410 g/mol. The molecule has 1 amide bonds. The molecule has 2 heterocycles. The van der Waals surface area contributed by atoms with E-state index in [0.717, 1.165) is 35.9 Å². The number of nitrogens with one attached hydrogen (secondary N) is 2. The van der Waals surface area contributed by atoms with Crippen LogP contribution in [0.2, 0.25) is 0 Å². The first-order valence-electron chi connectivity index (χ1n) is 10.3. The molecule has 30 heavy (non-hydrogen) atoms. The predicted molar refractivity (Wildman–Crippen MR) is 114 cm³/mol. The van der Waals surface area contributed by atoms with Gasteiger partial charge in [-0.3, -0.25) is 9.48 Å². The number of hydrogen-bond acceptors (Lipinski definition) is 8. The second-order valence-corrected chi connectivity index (χ2v) is 7.50. The SMILES string of the molecule is NC(=O)c1nnc(NCCCCCO)nc1Nc1ccc2nn(C3CCC3)cc2c1. The molecule has 0 saturated heterocycles. The third-order valence-corrected chi connectivity index (χ3v) is 5.27. The highest BCUT2D eigenvalue weighted by molar-refractivity contribution is 5.96. The average molecular weight is 410 g/mol. The fourth-order valence-electron chi connectivity index (χ4n) is 3.37. The van der Waals surface area contributed by atoms with Crippen molar-refractivity contribution in [3.63, 3.8) is 0 Å². The van der Waals surface area contributed by atoms with E-state index >= 15 is 0 Å². The molecule has 0 bridgehead atoms. The number of nitrogens with zero attached hydrogens (tertiary/aromatic N) is 5. The summed E-state index contributed by atoms with van der Waals surface area (Å²) in [5.74, 6) is -0.141. The first kappa shape index (κ1) is 20.0. The molecule has 0 spiro atoms. The highest BCUT2D eigenvalue weighted by Crippen LogP contribution is 2.32. The lowest BCUT2D eigenvalue weighted by atomic mass is 9.93. The summed E-state index contributed by atoms with van der Waals surface area (Å²) in [6, 6.07) is 6.28. The van der Waals surface area contributed by atoms with Crippen molar-refractivity contribution in [1.29, 1.82) is 0 Å². The van der Waals surface area contributed by atoms with Crippen LogP contribution in [0.1, 0.15) is 55.1 Å². The number of carbonyl (C=O) groups excluding carboxylic acids is 1. The van der Waals surface area contributed by atoms with Gasteiger partial charge in [-0.15, -0.1) is 10.2 Å². The van der Waals surface area contributed by atoms with Crippen molar-refractivity contribution in [2.75, 3.05) is 23.8 Å². The van der Waals surface area contributed by atoms with Crippen LogP contribution in [0.3, 0.4) is 0 Å². The summed E-state index contributed by atoms with van der Waals surface area (Å²) in [5.41, 5.74) is 7.10. The van der Waals surface area contributed by atoms with E-state index in [-0.39, 0.29) is 18.1 Å². The van der Waals surface area contributed by atoms with Gasteiger partial charge in [0.2, 0.25) is 5.95 Å². The van der Waals surface area contributed by atoms with Crippen LogP contribution in [-0.4, -0.2) is 49.1 Å². The Bertz CT molecular complexity index is 1030. The molecule has 1 saturated carbocycles. The third-order valence-electron chi connectivity index (χ3n) is 5.27. The van der Waals surface area contributed by atoms with Gasteiger partial charge in [0.25, 0.3) is 5.91 Å². The normalized spacial score (nSPS) is 13.9. The summed E-state index contributed by atoms with van der Waals surface area (Å²) in [6.45, 7) is 0.826. The Morgan fingerprint density at radius 3 is 2.83 bits per heavy atom. The van der Waals surface area contributed by atoms with Gasteiger partial charge in [0, 0.05) is 30.4 Å². The van der Waals surface area contributed by atoms with Gasteiger partial charge in [-0.1, -0.05) is 0 Å². The van der Waals surface area contributed by atoms with Crippen LogP contribution in [0, 0.1) is 0 Å². The zero-order chi connectivity index (χ0) is 20.9. The minimum absolute atomic E-state index is 0.0221. The number of aliphatic hydroxyl groups excluding tert-OH is 1. The van der Waals surface area contributed by atoms with Crippen LogP contribution in [0.5, 0.6) is 0 Å². The smallest absolute Gasteiger partial charge is 0.273 e. The van der Waals surface area contributed by atoms with Crippen molar-refractivity contribution in [3.05, 3.63) is 30.1 Å². The largest absolute Gasteiger partial charge is 0.396 e. The van der Waals surface area contributed by atoms with Crippen LogP contribution in [0.25, 0.3) is 10.9 Å². The molecule has 1 fully saturated rings. The Morgan fingerprint density at radius 2 is 2.10 bits per heavy atom. The zero-order valence-electron chi connectivity index (χ0n) is 16.7. The number of primary amides is 1. The molecule has 0 aliphatic heterocycles. The Hall–Kier alpha value is -3.27. The summed E-state index contributed by atoms with van der Waals surface area (Å²) in [6.07, 6.45) is 8.17. The summed E-state index contributed by atoms with van der Waals surface area (Å²) < 4.78 is 2.04. The third kappa shape index (κ3) is 4.48. The summed E-state index contributed by atoms with van der Waals surface area (Å²) in [5, 5.41) is 28.6. The van der Waals surface area contributed by atoms with E-state index in [9.17, 15) is 4.79 Å². The number of aromatic nitrogens is 5. The lowest BCUT2D eigenvalue weighted by Crippen LogP contribution is -2.19. The molecule has 0 radical (unpaired) electrons. The number of benzene rings is 1. The first-order valence-corrected chi connectivity index (χ1v) is 10.3. The summed E-state index contributed by atoms with van der Waals surface area (Å²) in [4.78, 5) is 16.1. The fourth-order valence-corrected chi connectivity index (χ4v) is 3.37. The zero-order valence-corrected chi connectivity index (χ0v) is 16.7. The van der Waals surface area contributed by atoms with E-state index in [0.29, 0.717) is 18.5 Å². The predicted octanol–water partition coefficient (Wildman–Crippen LogP) is 2.36. The fraction of sp³-hybridized carbons (Fsp3) is 0.450. The van der Waals surface area contributed by atoms with Gasteiger partial charge in [0.1, 0.15) is 0 Å². The number of fused-ring (bicyclic) bond motifs is 1. The topological polar surface area (TPSA) is 144 Å². The minimum atomic E-state index is -0.703. The number of carbonyl (C=O) groups is 1. The van der Waals surface area contributed by atoms with E-state index in [4.69, 9.17) is 10.8 Å². The van der Waals surface area contributed by atoms with Gasteiger partial charge in [-0.25, -0.2) is 0 Å². The maximum Gasteiger partial charge on any atom is 0.273 e. The molecule has 10 heteroatoms. The van der Waals surface area contributed by atoms with Crippen molar-refractivity contribution >= 4 is 34.3 Å². The molecule has 10 nitrogen and oxygen atoms in total. The molecule has 158 valence electrons.